The average Bonchev–Trinajstić information content (AvgIpc) is 2.75. The molecule has 0 aliphatic carbocycles. The van der Waals surface area contributed by atoms with Gasteiger partial charge >= 0.3 is 5.97 Å². The predicted octanol–water partition coefficient (Wildman–Crippen LogP) is 2.09. The molecule has 0 saturated carbocycles. The molecule has 2 rings (SSSR count). The second kappa shape index (κ2) is 4.31. The van der Waals surface area contributed by atoms with Crippen LogP contribution >= 0.6 is 22.9 Å². The van der Waals surface area contributed by atoms with Gasteiger partial charge in [-0.05, 0) is 19.9 Å². The number of hydrogen-bond acceptors (Lipinski definition) is 4. The zero-order valence-electron chi connectivity index (χ0n) is 8.94. The van der Waals surface area contributed by atoms with E-state index in [0.29, 0.717) is 23.8 Å². The number of hydrogen-bond donors (Lipinski definition) is 1. The number of thiazole rings is 1. The van der Waals surface area contributed by atoms with Crippen molar-refractivity contribution in [1.82, 2.24) is 9.88 Å². The molecule has 16 heavy (non-hydrogen) atoms. The Hall–Kier alpha value is -0.650. The Kier molecular flexibility index (Phi) is 3.19. The molecule has 0 amide bonds. The summed E-state index contributed by atoms with van der Waals surface area (Å²) >= 11 is 7.24. The summed E-state index contributed by atoms with van der Waals surface area (Å²) in [5.41, 5.74) is -0.610. The molecule has 1 aliphatic heterocycles. The third kappa shape index (κ3) is 2.36. The van der Waals surface area contributed by atoms with E-state index >= 15 is 0 Å². The highest BCUT2D eigenvalue weighted by Gasteiger charge is 2.40. The zero-order chi connectivity index (χ0) is 11.8. The van der Waals surface area contributed by atoms with Crippen molar-refractivity contribution in [3.63, 3.8) is 0 Å². The van der Waals surface area contributed by atoms with E-state index in [1.54, 1.807) is 13.1 Å². The number of carboxylic acids is 1. The Labute approximate surface area is 103 Å². The molecule has 0 radical (unpaired) electrons. The maximum absolute atomic E-state index is 11.1. The predicted molar refractivity (Wildman–Crippen MR) is 62.8 cm³/mol. The molecular weight excluding hydrogens is 248 g/mol. The van der Waals surface area contributed by atoms with E-state index < -0.39 is 11.4 Å². The summed E-state index contributed by atoms with van der Waals surface area (Å²) in [4.78, 5) is 17.3. The maximum Gasteiger partial charge on any atom is 0.310 e. The number of halogens is 1. The smallest absolute Gasteiger partial charge is 0.310 e. The fourth-order valence-corrected chi connectivity index (χ4v) is 2.92. The Morgan fingerprint density at radius 2 is 2.56 bits per heavy atom. The Balaban J connectivity index is 1.97. The molecule has 1 aliphatic rings. The lowest BCUT2D eigenvalue weighted by Gasteiger charge is -2.19. The molecule has 2 heterocycles. The Bertz CT molecular complexity index is 409. The molecule has 6 heteroatoms. The van der Waals surface area contributed by atoms with Crippen LogP contribution in [0.15, 0.2) is 6.20 Å². The Morgan fingerprint density at radius 1 is 1.81 bits per heavy atom. The van der Waals surface area contributed by atoms with Crippen molar-refractivity contribution in [2.45, 2.75) is 19.9 Å². The lowest BCUT2D eigenvalue weighted by atomic mass is 9.90. The molecule has 0 aromatic carbocycles. The van der Waals surface area contributed by atoms with E-state index in [2.05, 4.69) is 9.88 Å². The normalized spacial score (nSPS) is 26.1. The standard InChI is InChI=1S/C10H13ClN2O2S/c1-10(9(14)15)2-3-13(6-10)5-8-12-4-7(11)16-8/h4H,2-3,5-6H2,1H3,(H,14,15). The number of aromatic nitrogens is 1. The number of carboxylic acid groups (broad SMARTS) is 1. The van der Waals surface area contributed by atoms with Gasteiger partial charge in [-0.2, -0.15) is 0 Å². The van der Waals surface area contributed by atoms with Crippen LogP contribution in [0.1, 0.15) is 18.4 Å². The van der Waals surface area contributed by atoms with Gasteiger partial charge in [0, 0.05) is 6.54 Å². The monoisotopic (exact) mass is 260 g/mol. The second-order valence-corrected chi connectivity index (χ2v) is 6.13. The van der Waals surface area contributed by atoms with Crippen LogP contribution < -0.4 is 0 Å². The molecule has 88 valence electrons. The van der Waals surface area contributed by atoms with Crippen molar-refractivity contribution >= 4 is 28.9 Å². The summed E-state index contributed by atoms with van der Waals surface area (Å²) in [6.07, 6.45) is 2.33. The summed E-state index contributed by atoms with van der Waals surface area (Å²) in [5, 5.41) is 10.0. The second-order valence-electron chi connectivity index (χ2n) is 4.38. The fraction of sp³-hybridized carbons (Fsp3) is 0.600. The topological polar surface area (TPSA) is 53.4 Å². The van der Waals surface area contributed by atoms with Crippen molar-refractivity contribution in [2.75, 3.05) is 13.1 Å². The zero-order valence-corrected chi connectivity index (χ0v) is 10.5. The molecule has 0 bridgehead atoms. The van der Waals surface area contributed by atoms with Crippen molar-refractivity contribution in [3.05, 3.63) is 15.5 Å². The van der Waals surface area contributed by atoms with E-state index in [9.17, 15) is 4.79 Å². The summed E-state index contributed by atoms with van der Waals surface area (Å²) in [5.74, 6) is -0.716. The summed E-state index contributed by atoms with van der Waals surface area (Å²) in [7, 11) is 0. The summed E-state index contributed by atoms with van der Waals surface area (Å²) < 4.78 is 0.676. The van der Waals surface area contributed by atoms with Gasteiger partial charge in [0.25, 0.3) is 0 Å². The van der Waals surface area contributed by atoms with Crippen LogP contribution in [0.4, 0.5) is 0 Å². The number of carbonyl (C=O) groups is 1. The van der Waals surface area contributed by atoms with E-state index in [-0.39, 0.29) is 0 Å². The van der Waals surface area contributed by atoms with E-state index in [1.807, 2.05) is 0 Å². The molecule has 4 nitrogen and oxygen atoms in total. The van der Waals surface area contributed by atoms with Gasteiger partial charge in [-0.1, -0.05) is 11.6 Å². The van der Waals surface area contributed by atoms with Gasteiger partial charge in [0.05, 0.1) is 18.2 Å². The van der Waals surface area contributed by atoms with Crippen LogP contribution in [0.25, 0.3) is 0 Å². The van der Waals surface area contributed by atoms with E-state index in [4.69, 9.17) is 16.7 Å². The number of nitrogens with zero attached hydrogens (tertiary/aromatic N) is 2. The molecule has 1 aromatic heterocycles. The highest BCUT2D eigenvalue weighted by Crippen LogP contribution is 2.31. The lowest BCUT2D eigenvalue weighted by molar-refractivity contribution is -0.147. The van der Waals surface area contributed by atoms with Gasteiger partial charge in [-0.25, -0.2) is 4.98 Å². The van der Waals surface area contributed by atoms with Crippen LogP contribution in [0.2, 0.25) is 4.34 Å². The SMILES string of the molecule is CC1(C(=O)O)CCN(Cc2ncc(Cl)s2)C1. The molecule has 1 unspecified atom stereocenters. The van der Waals surface area contributed by atoms with Crippen LogP contribution in [-0.2, 0) is 11.3 Å². The lowest BCUT2D eigenvalue weighted by Crippen LogP contribution is -2.31. The molecular formula is C10H13ClN2O2S. The minimum Gasteiger partial charge on any atom is -0.481 e. The van der Waals surface area contributed by atoms with Crippen LogP contribution in [-0.4, -0.2) is 34.0 Å². The van der Waals surface area contributed by atoms with Crippen LogP contribution in [0.3, 0.4) is 0 Å². The summed E-state index contributed by atoms with van der Waals surface area (Å²) in [6.45, 7) is 3.88. The van der Waals surface area contributed by atoms with E-state index in [0.717, 1.165) is 11.6 Å². The van der Waals surface area contributed by atoms with Gasteiger partial charge in [-0.3, -0.25) is 9.69 Å². The molecule has 1 atom stereocenters. The first-order valence-corrected chi connectivity index (χ1v) is 6.25. The van der Waals surface area contributed by atoms with Gasteiger partial charge in [-0.15, -0.1) is 11.3 Å². The first-order valence-electron chi connectivity index (χ1n) is 5.05. The van der Waals surface area contributed by atoms with Gasteiger partial charge in [0.1, 0.15) is 9.34 Å². The van der Waals surface area contributed by atoms with Gasteiger partial charge in [0.2, 0.25) is 0 Å². The van der Waals surface area contributed by atoms with Crippen molar-refractivity contribution in [2.24, 2.45) is 5.41 Å². The highest BCUT2D eigenvalue weighted by molar-refractivity contribution is 7.15. The van der Waals surface area contributed by atoms with Gasteiger partial charge < -0.3 is 5.11 Å². The number of aliphatic carboxylic acids is 1. The molecule has 1 fully saturated rings. The first kappa shape index (κ1) is 11.8. The molecule has 1 saturated heterocycles. The third-order valence-electron chi connectivity index (χ3n) is 2.95. The quantitative estimate of drug-likeness (QED) is 0.904. The molecule has 1 N–H and O–H groups in total. The average molecular weight is 261 g/mol. The van der Waals surface area contributed by atoms with E-state index in [1.165, 1.54) is 11.3 Å². The maximum atomic E-state index is 11.1. The summed E-state index contributed by atoms with van der Waals surface area (Å²) in [6, 6.07) is 0. The highest BCUT2D eigenvalue weighted by atomic mass is 35.5. The minimum atomic E-state index is -0.716. The minimum absolute atomic E-state index is 0.583. The Morgan fingerprint density at radius 3 is 3.06 bits per heavy atom. The number of rotatable bonds is 3. The van der Waals surface area contributed by atoms with Crippen molar-refractivity contribution < 1.29 is 9.90 Å². The molecule has 0 spiro atoms. The van der Waals surface area contributed by atoms with Gasteiger partial charge in [0.15, 0.2) is 0 Å². The molecule has 1 aromatic rings. The van der Waals surface area contributed by atoms with Crippen LogP contribution in [0.5, 0.6) is 0 Å². The first-order chi connectivity index (χ1) is 7.49. The largest absolute Gasteiger partial charge is 0.481 e. The number of likely N-dealkylation sites (tertiary alicyclic amines) is 1. The van der Waals surface area contributed by atoms with Crippen molar-refractivity contribution in [3.8, 4) is 0 Å². The van der Waals surface area contributed by atoms with Crippen molar-refractivity contribution in [1.29, 1.82) is 0 Å². The third-order valence-corrected chi connectivity index (χ3v) is 4.05. The van der Waals surface area contributed by atoms with Crippen LogP contribution in [0, 0.1) is 5.41 Å². The fourth-order valence-electron chi connectivity index (χ4n) is 1.92.